The number of ether oxygens (including phenoxy) is 1. The summed E-state index contributed by atoms with van der Waals surface area (Å²) in [5.74, 6) is 4.93. The number of amides is 1. The first kappa shape index (κ1) is 12.4. The molecular formula is C10H21N3O2. The molecule has 3 N–H and O–H groups in total. The minimum Gasteiger partial charge on any atom is -0.380 e. The van der Waals surface area contributed by atoms with Gasteiger partial charge < -0.3 is 4.74 Å². The Balaban J connectivity index is 2.49. The third-order valence-electron chi connectivity index (χ3n) is 3.11. The van der Waals surface area contributed by atoms with Gasteiger partial charge in [-0.15, -0.1) is 0 Å². The van der Waals surface area contributed by atoms with Gasteiger partial charge in [0.1, 0.15) is 0 Å². The zero-order valence-electron chi connectivity index (χ0n) is 9.53. The highest BCUT2D eigenvalue weighted by atomic mass is 16.5. The van der Waals surface area contributed by atoms with Crippen LogP contribution in [-0.4, -0.2) is 43.2 Å². The van der Waals surface area contributed by atoms with Crippen molar-refractivity contribution in [1.82, 2.24) is 10.3 Å². The van der Waals surface area contributed by atoms with Gasteiger partial charge in [-0.1, -0.05) is 6.92 Å². The summed E-state index contributed by atoms with van der Waals surface area (Å²) < 4.78 is 5.37. The average molecular weight is 215 g/mol. The van der Waals surface area contributed by atoms with E-state index in [0.29, 0.717) is 0 Å². The number of hydrazine groups is 1. The van der Waals surface area contributed by atoms with E-state index in [4.69, 9.17) is 10.6 Å². The lowest BCUT2D eigenvalue weighted by Gasteiger charge is -2.30. The summed E-state index contributed by atoms with van der Waals surface area (Å²) in [6.45, 7) is 7.42. The van der Waals surface area contributed by atoms with E-state index in [1.54, 1.807) is 0 Å². The van der Waals surface area contributed by atoms with Crippen molar-refractivity contribution in [3.05, 3.63) is 0 Å². The normalized spacial score (nSPS) is 22.9. The van der Waals surface area contributed by atoms with Gasteiger partial charge in [0.15, 0.2) is 0 Å². The van der Waals surface area contributed by atoms with Gasteiger partial charge in [0.25, 0.3) is 0 Å². The smallest absolute Gasteiger partial charge is 0.238 e. The highest BCUT2D eigenvalue weighted by Gasteiger charge is 2.25. The monoisotopic (exact) mass is 215 g/mol. The highest BCUT2D eigenvalue weighted by molar-refractivity contribution is 5.78. The minimum atomic E-state index is -0.104. The number of nitrogens with zero attached hydrogens (tertiary/aromatic N) is 1. The van der Waals surface area contributed by atoms with Crippen molar-refractivity contribution in [3.63, 3.8) is 0 Å². The standard InChI is InChI=1S/C10H21N3O2/c1-8(10(14)12-11)9(2)13-4-3-6-15-7-5-13/h8-9H,3-7,11H2,1-2H3,(H,12,14). The first-order valence-electron chi connectivity index (χ1n) is 5.49. The Morgan fingerprint density at radius 3 is 2.80 bits per heavy atom. The summed E-state index contributed by atoms with van der Waals surface area (Å²) in [4.78, 5) is 13.7. The Morgan fingerprint density at radius 2 is 2.13 bits per heavy atom. The number of carbonyl (C=O) groups is 1. The van der Waals surface area contributed by atoms with Crippen molar-refractivity contribution in [2.45, 2.75) is 26.3 Å². The van der Waals surface area contributed by atoms with Gasteiger partial charge in [-0.25, -0.2) is 5.84 Å². The predicted octanol–water partition coefficient (Wildman–Crippen LogP) is -0.277. The molecule has 1 heterocycles. The molecule has 1 fully saturated rings. The van der Waals surface area contributed by atoms with E-state index in [0.717, 1.165) is 32.7 Å². The fourth-order valence-corrected chi connectivity index (χ4v) is 1.84. The molecule has 0 bridgehead atoms. The van der Waals surface area contributed by atoms with Crippen LogP contribution < -0.4 is 11.3 Å². The summed E-state index contributed by atoms with van der Waals surface area (Å²) in [6, 6.07) is 0.204. The number of hydrogen-bond acceptors (Lipinski definition) is 4. The van der Waals surface area contributed by atoms with Crippen LogP contribution in [0, 0.1) is 5.92 Å². The van der Waals surface area contributed by atoms with Crippen LogP contribution in [0.15, 0.2) is 0 Å². The Morgan fingerprint density at radius 1 is 1.40 bits per heavy atom. The second-order valence-electron chi connectivity index (χ2n) is 4.04. The lowest BCUT2D eigenvalue weighted by Crippen LogP contribution is -2.46. The number of carbonyl (C=O) groups excluding carboxylic acids is 1. The van der Waals surface area contributed by atoms with Gasteiger partial charge in [0.05, 0.1) is 12.5 Å². The fourth-order valence-electron chi connectivity index (χ4n) is 1.84. The van der Waals surface area contributed by atoms with E-state index < -0.39 is 0 Å². The van der Waals surface area contributed by atoms with Gasteiger partial charge in [-0.2, -0.15) is 0 Å². The molecular weight excluding hydrogens is 194 g/mol. The Hall–Kier alpha value is -0.650. The van der Waals surface area contributed by atoms with Crippen LogP contribution in [0.1, 0.15) is 20.3 Å². The molecule has 2 unspecified atom stereocenters. The summed E-state index contributed by atoms with van der Waals surface area (Å²) >= 11 is 0. The van der Waals surface area contributed by atoms with E-state index in [9.17, 15) is 4.79 Å². The van der Waals surface area contributed by atoms with Crippen molar-refractivity contribution < 1.29 is 9.53 Å². The van der Waals surface area contributed by atoms with E-state index in [2.05, 4.69) is 17.2 Å². The molecule has 0 aromatic carbocycles. The van der Waals surface area contributed by atoms with Gasteiger partial charge in [-0.05, 0) is 13.3 Å². The molecule has 0 aromatic heterocycles. The molecule has 2 atom stereocenters. The molecule has 5 nitrogen and oxygen atoms in total. The first-order valence-corrected chi connectivity index (χ1v) is 5.49. The molecule has 0 radical (unpaired) electrons. The Labute approximate surface area is 90.9 Å². The SMILES string of the molecule is CC(C(=O)NN)C(C)N1CCCOCC1. The van der Waals surface area contributed by atoms with Gasteiger partial charge in [0, 0.05) is 25.7 Å². The molecule has 0 aliphatic carbocycles. The molecule has 88 valence electrons. The van der Waals surface area contributed by atoms with Crippen molar-refractivity contribution in [1.29, 1.82) is 0 Å². The molecule has 15 heavy (non-hydrogen) atoms. The summed E-state index contributed by atoms with van der Waals surface area (Å²) in [5.41, 5.74) is 2.20. The van der Waals surface area contributed by atoms with Gasteiger partial charge in [0.2, 0.25) is 5.91 Å². The van der Waals surface area contributed by atoms with Crippen LogP contribution in [0.5, 0.6) is 0 Å². The number of rotatable bonds is 3. The molecule has 1 rings (SSSR count). The van der Waals surface area contributed by atoms with Crippen molar-refractivity contribution in [2.24, 2.45) is 11.8 Å². The molecule has 0 aromatic rings. The summed E-state index contributed by atoms with van der Waals surface area (Å²) in [6.07, 6.45) is 1.03. The maximum Gasteiger partial charge on any atom is 0.238 e. The van der Waals surface area contributed by atoms with Crippen molar-refractivity contribution >= 4 is 5.91 Å². The number of nitrogens with one attached hydrogen (secondary N) is 1. The predicted molar refractivity (Wildman–Crippen MR) is 58.0 cm³/mol. The fraction of sp³-hybridized carbons (Fsp3) is 0.900. The summed E-state index contributed by atoms with van der Waals surface area (Å²) in [5, 5.41) is 0. The molecule has 1 aliphatic heterocycles. The molecule has 1 aliphatic rings. The van der Waals surface area contributed by atoms with E-state index in [-0.39, 0.29) is 17.9 Å². The first-order chi connectivity index (χ1) is 7.16. The van der Waals surface area contributed by atoms with Gasteiger partial charge in [-0.3, -0.25) is 15.1 Å². The lowest BCUT2D eigenvalue weighted by molar-refractivity contribution is -0.126. The molecule has 0 saturated carbocycles. The van der Waals surface area contributed by atoms with Crippen LogP contribution in [-0.2, 0) is 9.53 Å². The number of hydrogen-bond donors (Lipinski definition) is 2. The van der Waals surface area contributed by atoms with Crippen LogP contribution in [0.25, 0.3) is 0 Å². The lowest BCUT2D eigenvalue weighted by atomic mass is 10.0. The molecule has 5 heteroatoms. The number of nitrogens with two attached hydrogens (primary N) is 1. The Bertz CT molecular complexity index is 203. The third kappa shape index (κ3) is 3.44. The molecule has 1 amide bonds. The highest BCUT2D eigenvalue weighted by Crippen LogP contribution is 2.13. The molecule has 0 spiro atoms. The summed E-state index contributed by atoms with van der Waals surface area (Å²) in [7, 11) is 0. The third-order valence-corrected chi connectivity index (χ3v) is 3.11. The average Bonchev–Trinajstić information content (AvgIpc) is 2.54. The van der Waals surface area contributed by atoms with Crippen LogP contribution in [0.2, 0.25) is 0 Å². The van der Waals surface area contributed by atoms with Gasteiger partial charge >= 0.3 is 0 Å². The Kier molecular flexibility index (Phi) is 5.01. The maximum atomic E-state index is 11.4. The van der Waals surface area contributed by atoms with E-state index in [1.165, 1.54) is 0 Å². The van der Waals surface area contributed by atoms with Crippen LogP contribution in [0.3, 0.4) is 0 Å². The second-order valence-corrected chi connectivity index (χ2v) is 4.04. The van der Waals surface area contributed by atoms with E-state index >= 15 is 0 Å². The largest absolute Gasteiger partial charge is 0.380 e. The maximum absolute atomic E-state index is 11.4. The zero-order valence-corrected chi connectivity index (χ0v) is 9.53. The van der Waals surface area contributed by atoms with Crippen molar-refractivity contribution in [3.8, 4) is 0 Å². The van der Waals surface area contributed by atoms with Crippen LogP contribution in [0.4, 0.5) is 0 Å². The minimum absolute atomic E-state index is 0.0897. The quantitative estimate of drug-likeness (QED) is 0.386. The van der Waals surface area contributed by atoms with E-state index in [1.807, 2.05) is 6.92 Å². The topological polar surface area (TPSA) is 67.6 Å². The van der Waals surface area contributed by atoms with Crippen LogP contribution >= 0.6 is 0 Å². The molecule has 1 saturated heterocycles. The zero-order chi connectivity index (χ0) is 11.3. The second kappa shape index (κ2) is 6.05. The van der Waals surface area contributed by atoms with Crippen molar-refractivity contribution in [2.75, 3.05) is 26.3 Å².